The van der Waals surface area contributed by atoms with E-state index in [0.29, 0.717) is 3.57 Å². The summed E-state index contributed by atoms with van der Waals surface area (Å²) in [5, 5.41) is 10.3. The number of fused-ring (bicyclic) bond motifs is 1. The summed E-state index contributed by atoms with van der Waals surface area (Å²) in [7, 11) is 0. The van der Waals surface area contributed by atoms with Crippen molar-refractivity contribution in [2.75, 3.05) is 0 Å². The zero-order chi connectivity index (χ0) is 13.6. The Labute approximate surface area is 132 Å². The molecule has 1 aromatic carbocycles. The number of nitro groups is 1. The van der Waals surface area contributed by atoms with E-state index in [-0.39, 0.29) is 20.4 Å². The Hall–Kier alpha value is -0.250. The number of aromatic nitrogens is 1. The Bertz CT molecular complexity index is 698. The quantitative estimate of drug-likeness (QED) is 0.197. The van der Waals surface area contributed by atoms with Gasteiger partial charge in [-0.3, -0.25) is 10.1 Å². The maximum absolute atomic E-state index is 14.0. The predicted molar refractivity (Wildman–Crippen MR) is 78.8 cm³/mol. The molecule has 9 heteroatoms. The van der Waals surface area contributed by atoms with E-state index in [1.54, 1.807) is 0 Å². The Morgan fingerprint density at radius 1 is 1.50 bits per heavy atom. The van der Waals surface area contributed by atoms with Crippen LogP contribution in [0.1, 0.15) is 0 Å². The standard InChI is InChI=1S/C9HBrCl2FIN2O2/c10-4-3(14)1-2-5(11)8(16(17)18)9(12)15-7(2)6(4)13/h1H. The van der Waals surface area contributed by atoms with Crippen molar-refractivity contribution in [3.8, 4) is 0 Å². The van der Waals surface area contributed by atoms with Gasteiger partial charge < -0.3 is 0 Å². The van der Waals surface area contributed by atoms with E-state index >= 15 is 0 Å². The van der Waals surface area contributed by atoms with Crippen LogP contribution in [0.25, 0.3) is 10.9 Å². The second-order valence-electron chi connectivity index (χ2n) is 3.20. The van der Waals surface area contributed by atoms with Gasteiger partial charge in [0.2, 0.25) is 5.15 Å². The number of benzene rings is 1. The molecule has 2 rings (SSSR count). The van der Waals surface area contributed by atoms with Crippen molar-refractivity contribution >= 4 is 78.3 Å². The molecule has 0 aliphatic carbocycles. The van der Waals surface area contributed by atoms with Gasteiger partial charge in [-0.2, -0.15) is 0 Å². The minimum Gasteiger partial charge on any atom is -0.258 e. The van der Waals surface area contributed by atoms with Crippen LogP contribution in [0.5, 0.6) is 0 Å². The molecule has 0 unspecified atom stereocenters. The lowest BCUT2D eigenvalue weighted by atomic mass is 10.2. The zero-order valence-electron chi connectivity index (χ0n) is 8.18. The number of hydrogen-bond acceptors (Lipinski definition) is 3. The monoisotopic (exact) mass is 464 g/mol. The SMILES string of the molecule is O=[N+]([O-])c1c(Cl)nc2c(F)c(Br)c(I)cc2c1Cl. The third-order valence-corrected chi connectivity index (χ3v) is 5.18. The van der Waals surface area contributed by atoms with E-state index in [0.717, 1.165) is 0 Å². The van der Waals surface area contributed by atoms with Gasteiger partial charge >= 0.3 is 5.69 Å². The van der Waals surface area contributed by atoms with E-state index in [4.69, 9.17) is 23.2 Å². The molecule has 0 saturated carbocycles. The summed E-state index contributed by atoms with van der Waals surface area (Å²) in [5.41, 5.74) is -0.633. The normalized spacial score (nSPS) is 10.9. The molecular formula is C9HBrCl2FIN2O2. The second kappa shape index (κ2) is 5.03. The lowest BCUT2D eigenvalue weighted by Gasteiger charge is -2.06. The van der Waals surface area contributed by atoms with Gasteiger partial charge in [-0.25, -0.2) is 9.37 Å². The second-order valence-corrected chi connectivity index (χ2v) is 5.90. The zero-order valence-corrected chi connectivity index (χ0v) is 13.4. The van der Waals surface area contributed by atoms with Crippen LogP contribution < -0.4 is 0 Å². The lowest BCUT2D eigenvalue weighted by Crippen LogP contribution is -1.97. The van der Waals surface area contributed by atoms with E-state index in [9.17, 15) is 14.5 Å². The van der Waals surface area contributed by atoms with Gasteiger partial charge in [0.15, 0.2) is 5.82 Å². The summed E-state index contributed by atoms with van der Waals surface area (Å²) in [5.74, 6) is -0.657. The van der Waals surface area contributed by atoms with Crippen molar-refractivity contribution in [2.45, 2.75) is 0 Å². The van der Waals surface area contributed by atoms with Gasteiger partial charge in [0.05, 0.1) is 9.40 Å². The minimum absolute atomic E-state index is 0.108. The molecule has 0 aliphatic rings. The first-order chi connectivity index (χ1) is 8.34. The largest absolute Gasteiger partial charge is 0.325 e. The summed E-state index contributed by atoms with van der Waals surface area (Å²) in [4.78, 5) is 13.8. The Morgan fingerprint density at radius 3 is 2.67 bits per heavy atom. The van der Waals surface area contributed by atoms with Gasteiger partial charge in [-0.05, 0) is 44.6 Å². The molecule has 0 fully saturated rings. The highest BCUT2D eigenvalue weighted by molar-refractivity contribution is 14.1. The Balaban J connectivity index is 3.01. The molecule has 1 aromatic heterocycles. The molecule has 4 nitrogen and oxygen atoms in total. The first kappa shape index (κ1) is 14.2. The van der Waals surface area contributed by atoms with Crippen LogP contribution in [0.2, 0.25) is 10.2 Å². The third kappa shape index (κ3) is 2.17. The Morgan fingerprint density at radius 2 is 2.11 bits per heavy atom. The number of hydrogen-bond donors (Lipinski definition) is 0. The molecule has 18 heavy (non-hydrogen) atoms. The molecule has 0 spiro atoms. The molecule has 94 valence electrons. The fraction of sp³-hybridized carbons (Fsp3) is 0. The summed E-state index contributed by atoms with van der Waals surface area (Å²) < 4.78 is 14.7. The maximum atomic E-state index is 14.0. The number of nitrogens with zero attached hydrogens (tertiary/aromatic N) is 2. The first-order valence-electron chi connectivity index (χ1n) is 4.31. The lowest BCUT2D eigenvalue weighted by molar-refractivity contribution is -0.384. The fourth-order valence-electron chi connectivity index (χ4n) is 1.39. The number of halogens is 5. The fourth-order valence-corrected chi connectivity index (χ4v) is 2.84. The van der Waals surface area contributed by atoms with Crippen LogP contribution in [-0.4, -0.2) is 9.91 Å². The maximum Gasteiger partial charge on any atom is 0.325 e. The topological polar surface area (TPSA) is 56.0 Å². The first-order valence-corrected chi connectivity index (χ1v) is 6.94. The van der Waals surface area contributed by atoms with E-state index < -0.39 is 21.6 Å². The molecule has 0 radical (unpaired) electrons. The van der Waals surface area contributed by atoms with Crippen molar-refractivity contribution in [2.24, 2.45) is 0 Å². The van der Waals surface area contributed by atoms with Crippen molar-refractivity contribution in [1.82, 2.24) is 4.98 Å². The van der Waals surface area contributed by atoms with E-state index in [1.165, 1.54) is 6.07 Å². The summed E-state index contributed by atoms with van der Waals surface area (Å²) >= 11 is 16.5. The van der Waals surface area contributed by atoms with Gasteiger partial charge in [-0.1, -0.05) is 23.2 Å². The predicted octanol–water partition coefficient (Wildman–Crippen LogP) is 4.96. The van der Waals surface area contributed by atoms with Crippen LogP contribution in [0, 0.1) is 19.5 Å². The van der Waals surface area contributed by atoms with Crippen molar-refractivity contribution in [3.05, 3.63) is 40.2 Å². The van der Waals surface area contributed by atoms with Crippen molar-refractivity contribution < 1.29 is 9.31 Å². The molecule has 0 atom stereocenters. The number of pyridine rings is 1. The van der Waals surface area contributed by atoms with Crippen LogP contribution >= 0.6 is 61.7 Å². The van der Waals surface area contributed by atoms with Crippen molar-refractivity contribution in [1.29, 1.82) is 0 Å². The van der Waals surface area contributed by atoms with Crippen LogP contribution in [0.4, 0.5) is 10.1 Å². The van der Waals surface area contributed by atoms with Gasteiger partial charge in [-0.15, -0.1) is 0 Å². The minimum atomic E-state index is -0.746. The van der Waals surface area contributed by atoms with Gasteiger partial charge in [0.25, 0.3) is 0 Å². The number of rotatable bonds is 1. The Kier molecular flexibility index (Phi) is 3.96. The smallest absolute Gasteiger partial charge is 0.258 e. The van der Waals surface area contributed by atoms with E-state index in [2.05, 4.69) is 20.9 Å². The van der Waals surface area contributed by atoms with Gasteiger partial charge in [0, 0.05) is 8.96 Å². The highest BCUT2D eigenvalue weighted by atomic mass is 127. The van der Waals surface area contributed by atoms with Crippen LogP contribution in [0.15, 0.2) is 10.5 Å². The van der Waals surface area contributed by atoms with Crippen LogP contribution in [-0.2, 0) is 0 Å². The molecule has 0 saturated heterocycles. The molecule has 0 amide bonds. The van der Waals surface area contributed by atoms with Gasteiger partial charge in [0.1, 0.15) is 10.5 Å². The molecule has 2 aromatic rings. The summed E-state index contributed by atoms with van der Waals surface area (Å²) in [6, 6.07) is 1.50. The van der Waals surface area contributed by atoms with Crippen molar-refractivity contribution in [3.63, 3.8) is 0 Å². The molecular weight excluding hydrogens is 465 g/mol. The highest BCUT2D eigenvalue weighted by Gasteiger charge is 2.25. The summed E-state index contributed by atoms with van der Waals surface area (Å²) in [6.07, 6.45) is 0. The summed E-state index contributed by atoms with van der Waals surface area (Å²) in [6.45, 7) is 0. The van der Waals surface area contributed by atoms with E-state index in [1.807, 2.05) is 22.6 Å². The average molecular weight is 466 g/mol. The third-order valence-electron chi connectivity index (χ3n) is 2.17. The average Bonchev–Trinajstić information content (AvgIpc) is 2.28. The molecule has 1 heterocycles. The highest BCUT2D eigenvalue weighted by Crippen LogP contribution is 2.40. The van der Waals surface area contributed by atoms with Crippen LogP contribution in [0.3, 0.4) is 0 Å². The molecule has 0 bridgehead atoms. The molecule has 0 aliphatic heterocycles. The molecule has 0 N–H and O–H groups in total.